The van der Waals surface area contributed by atoms with Gasteiger partial charge in [0.2, 0.25) is 0 Å². The van der Waals surface area contributed by atoms with Crippen LogP contribution < -0.4 is 5.56 Å². The number of aromatic nitrogens is 2. The molecule has 3 rings (SSSR count). The Bertz CT molecular complexity index is 858. The molecule has 0 amide bonds. The fourth-order valence-electron chi connectivity index (χ4n) is 3.16. The molecule has 1 fully saturated rings. The summed E-state index contributed by atoms with van der Waals surface area (Å²) in [6.45, 7) is 1.77. The van der Waals surface area contributed by atoms with Gasteiger partial charge in [-0.3, -0.25) is 19.1 Å². The fraction of sp³-hybridized carbons (Fsp3) is 0.421. The van der Waals surface area contributed by atoms with E-state index in [1.54, 1.807) is 6.92 Å². The van der Waals surface area contributed by atoms with E-state index < -0.39 is 5.97 Å². The summed E-state index contributed by atoms with van der Waals surface area (Å²) in [5.41, 5.74) is 1.41. The smallest absolute Gasteiger partial charge is 0.326 e. The van der Waals surface area contributed by atoms with Crippen LogP contribution in [0.25, 0.3) is 0 Å². The van der Waals surface area contributed by atoms with Crippen LogP contribution in [0, 0.1) is 0 Å². The van der Waals surface area contributed by atoms with E-state index >= 15 is 0 Å². The maximum atomic E-state index is 12.6. The Hall–Kier alpha value is -1.85. The molecule has 1 aromatic carbocycles. The van der Waals surface area contributed by atoms with Crippen LogP contribution >= 0.6 is 23.2 Å². The first-order valence-electron chi connectivity index (χ1n) is 8.61. The van der Waals surface area contributed by atoms with Crippen molar-refractivity contribution in [3.63, 3.8) is 0 Å². The molecule has 0 atom stereocenters. The van der Waals surface area contributed by atoms with Gasteiger partial charge >= 0.3 is 5.97 Å². The SMILES string of the molecule is CCOC(=O)Cn1c(Cl)cnc(CCC2(c3ccc(Cl)cc3)CC2)c1=O. The van der Waals surface area contributed by atoms with Crippen molar-refractivity contribution in [3.05, 3.63) is 62.2 Å². The van der Waals surface area contributed by atoms with Gasteiger partial charge in [-0.25, -0.2) is 0 Å². The number of carbonyl (C=O) groups is 1. The number of hydrogen-bond donors (Lipinski definition) is 0. The van der Waals surface area contributed by atoms with Crippen LogP contribution in [0.15, 0.2) is 35.3 Å². The van der Waals surface area contributed by atoms with Crippen molar-refractivity contribution in [2.75, 3.05) is 6.61 Å². The lowest BCUT2D eigenvalue weighted by Crippen LogP contribution is -2.30. The highest BCUT2D eigenvalue weighted by molar-refractivity contribution is 6.30. The number of nitrogens with zero attached hydrogens (tertiary/aromatic N) is 2. The minimum absolute atomic E-state index is 0.0876. The molecule has 7 heteroatoms. The van der Waals surface area contributed by atoms with Crippen molar-refractivity contribution in [2.45, 2.75) is 44.6 Å². The number of hydrogen-bond acceptors (Lipinski definition) is 4. The van der Waals surface area contributed by atoms with Crippen LogP contribution in [-0.4, -0.2) is 22.1 Å². The Kier molecular flexibility index (Phi) is 5.68. The summed E-state index contributed by atoms with van der Waals surface area (Å²) in [6.07, 6.45) is 4.93. The van der Waals surface area contributed by atoms with E-state index in [0.717, 1.165) is 19.3 Å². The van der Waals surface area contributed by atoms with E-state index in [4.69, 9.17) is 27.9 Å². The molecule has 0 saturated heterocycles. The van der Waals surface area contributed by atoms with Gasteiger partial charge in [-0.05, 0) is 55.7 Å². The van der Waals surface area contributed by atoms with Crippen LogP contribution in [0.1, 0.15) is 37.4 Å². The quantitative estimate of drug-likeness (QED) is 0.670. The molecule has 0 unspecified atom stereocenters. The third-order valence-corrected chi connectivity index (χ3v) is 5.37. The Labute approximate surface area is 161 Å². The Balaban J connectivity index is 1.75. The van der Waals surface area contributed by atoms with Gasteiger partial charge in [-0.15, -0.1) is 0 Å². The number of halogens is 2. The lowest BCUT2D eigenvalue weighted by Gasteiger charge is -2.16. The Morgan fingerprint density at radius 1 is 1.27 bits per heavy atom. The highest BCUT2D eigenvalue weighted by Crippen LogP contribution is 2.51. The van der Waals surface area contributed by atoms with Gasteiger partial charge in [-0.1, -0.05) is 35.3 Å². The lowest BCUT2D eigenvalue weighted by molar-refractivity contribution is -0.143. The topological polar surface area (TPSA) is 61.2 Å². The van der Waals surface area contributed by atoms with Gasteiger partial charge in [0.1, 0.15) is 17.4 Å². The summed E-state index contributed by atoms with van der Waals surface area (Å²) in [6, 6.07) is 7.88. The second-order valence-corrected chi connectivity index (χ2v) is 7.33. The molecule has 1 aliphatic rings. The first-order chi connectivity index (χ1) is 12.4. The molecular formula is C19H20Cl2N2O3. The summed E-state index contributed by atoms with van der Waals surface area (Å²) >= 11 is 12.0. The minimum atomic E-state index is -0.492. The predicted octanol–water partition coefficient (Wildman–Crippen LogP) is 3.78. The number of aryl methyl sites for hydroxylation is 1. The molecule has 0 spiro atoms. The maximum Gasteiger partial charge on any atom is 0.326 e. The van der Waals surface area contributed by atoms with Gasteiger partial charge in [0, 0.05) is 5.02 Å². The van der Waals surface area contributed by atoms with Crippen LogP contribution in [0.5, 0.6) is 0 Å². The highest BCUT2D eigenvalue weighted by Gasteiger charge is 2.43. The zero-order valence-electron chi connectivity index (χ0n) is 14.5. The monoisotopic (exact) mass is 394 g/mol. The molecule has 0 N–H and O–H groups in total. The molecule has 1 heterocycles. The average Bonchev–Trinajstić information content (AvgIpc) is 3.40. The van der Waals surface area contributed by atoms with E-state index in [1.165, 1.54) is 16.3 Å². The van der Waals surface area contributed by atoms with E-state index in [9.17, 15) is 9.59 Å². The summed E-state index contributed by atoms with van der Waals surface area (Å²) in [5.74, 6) is -0.492. The third kappa shape index (κ3) is 4.10. The summed E-state index contributed by atoms with van der Waals surface area (Å²) in [4.78, 5) is 28.5. The molecule has 1 saturated carbocycles. The number of ether oxygens (including phenoxy) is 1. The van der Waals surface area contributed by atoms with Gasteiger partial charge < -0.3 is 4.74 Å². The second kappa shape index (κ2) is 7.80. The van der Waals surface area contributed by atoms with Crippen molar-refractivity contribution in [2.24, 2.45) is 0 Å². The summed E-state index contributed by atoms with van der Waals surface area (Å²) in [5, 5.41) is 0.844. The van der Waals surface area contributed by atoms with Crippen molar-refractivity contribution >= 4 is 29.2 Å². The normalized spacial score (nSPS) is 14.9. The number of rotatable bonds is 7. The van der Waals surface area contributed by atoms with Gasteiger partial charge in [0.05, 0.1) is 12.8 Å². The number of esters is 1. The van der Waals surface area contributed by atoms with Crippen molar-refractivity contribution in [1.29, 1.82) is 0 Å². The van der Waals surface area contributed by atoms with Crippen molar-refractivity contribution < 1.29 is 9.53 Å². The van der Waals surface area contributed by atoms with E-state index in [-0.39, 0.29) is 29.3 Å². The molecule has 2 aromatic rings. The van der Waals surface area contributed by atoms with Crippen LogP contribution in [0.2, 0.25) is 10.2 Å². The molecule has 0 bridgehead atoms. The maximum absolute atomic E-state index is 12.6. The molecule has 1 aliphatic carbocycles. The minimum Gasteiger partial charge on any atom is -0.465 e. The van der Waals surface area contributed by atoms with E-state index in [2.05, 4.69) is 4.98 Å². The van der Waals surface area contributed by atoms with E-state index in [1.807, 2.05) is 24.3 Å². The first-order valence-corrected chi connectivity index (χ1v) is 9.37. The molecule has 0 aliphatic heterocycles. The Morgan fingerprint density at radius 3 is 2.58 bits per heavy atom. The second-order valence-electron chi connectivity index (χ2n) is 6.51. The molecular weight excluding hydrogens is 375 g/mol. The average molecular weight is 395 g/mol. The highest BCUT2D eigenvalue weighted by atomic mass is 35.5. The van der Waals surface area contributed by atoms with Crippen LogP contribution in [-0.2, 0) is 27.9 Å². The lowest BCUT2D eigenvalue weighted by atomic mass is 9.90. The molecule has 138 valence electrons. The fourth-order valence-corrected chi connectivity index (χ4v) is 3.47. The molecule has 5 nitrogen and oxygen atoms in total. The predicted molar refractivity (Wildman–Crippen MR) is 101 cm³/mol. The summed E-state index contributed by atoms with van der Waals surface area (Å²) < 4.78 is 6.11. The molecule has 26 heavy (non-hydrogen) atoms. The van der Waals surface area contributed by atoms with Crippen LogP contribution in [0.4, 0.5) is 0 Å². The van der Waals surface area contributed by atoms with Crippen molar-refractivity contribution in [1.82, 2.24) is 9.55 Å². The zero-order valence-corrected chi connectivity index (χ0v) is 16.0. The first kappa shape index (κ1) is 18.9. The van der Waals surface area contributed by atoms with Crippen molar-refractivity contribution in [3.8, 4) is 0 Å². The van der Waals surface area contributed by atoms with E-state index in [0.29, 0.717) is 17.1 Å². The summed E-state index contributed by atoms with van der Waals surface area (Å²) in [7, 11) is 0. The zero-order chi connectivity index (χ0) is 18.7. The van der Waals surface area contributed by atoms with Gasteiger partial charge in [0.25, 0.3) is 5.56 Å². The number of carbonyl (C=O) groups excluding carboxylic acids is 1. The third-order valence-electron chi connectivity index (χ3n) is 4.82. The van der Waals surface area contributed by atoms with Crippen LogP contribution in [0.3, 0.4) is 0 Å². The standard InChI is InChI=1S/C19H20Cl2N2O3/c1-2-26-17(24)12-23-16(21)11-22-15(18(23)25)7-8-19(9-10-19)13-3-5-14(20)6-4-13/h3-6,11H,2,7-10,12H2,1H3. The van der Waals surface area contributed by atoms with Gasteiger partial charge in [-0.2, -0.15) is 0 Å². The molecule has 1 aromatic heterocycles. The Morgan fingerprint density at radius 2 is 1.96 bits per heavy atom. The molecule has 0 radical (unpaired) electrons. The van der Waals surface area contributed by atoms with Gasteiger partial charge in [0.15, 0.2) is 0 Å². The largest absolute Gasteiger partial charge is 0.465 e. The number of benzene rings is 1.